The van der Waals surface area contributed by atoms with E-state index in [0.717, 1.165) is 16.0 Å². The number of nitrogens with two attached hydrogens (primary N) is 1. The molecule has 2 N–H and O–H groups in total. The molecule has 0 spiro atoms. The summed E-state index contributed by atoms with van der Waals surface area (Å²) in [6.07, 6.45) is 1.64. The molecular weight excluding hydrogens is 244 g/mol. The molecule has 0 radical (unpaired) electrons. The summed E-state index contributed by atoms with van der Waals surface area (Å²) in [6, 6.07) is 0. The summed E-state index contributed by atoms with van der Waals surface area (Å²) < 4.78 is 0. The van der Waals surface area contributed by atoms with Crippen LogP contribution in [-0.2, 0) is 0 Å². The van der Waals surface area contributed by atoms with Crippen LogP contribution in [0, 0.1) is 13.8 Å². The highest BCUT2D eigenvalue weighted by atomic mass is 32.1. The minimum atomic E-state index is -0.121. The van der Waals surface area contributed by atoms with Gasteiger partial charge in [-0.15, -0.1) is 11.3 Å². The predicted octanol–water partition coefficient (Wildman–Crippen LogP) is 2.48. The number of thiophene rings is 1. The lowest BCUT2D eigenvalue weighted by Crippen LogP contribution is -2.47. The monoisotopic (exact) mass is 264 g/mol. The molecule has 0 amide bonds. The van der Waals surface area contributed by atoms with E-state index in [0.29, 0.717) is 6.54 Å². The highest BCUT2D eigenvalue weighted by molar-refractivity contribution is 7.18. The van der Waals surface area contributed by atoms with E-state index in [1.54, 1.807) is 17.7 Å². The summed E-state index contributed by atoms with van der Waals surface area (Å²) in [7, 11) is 2.04. The molecule has 2 rings (SSSR count). The SMILES string of the molecule is Cc1sc2ncnc(N(C)C(C)(C)CN)c2c1C. The predicted molar refractivity (Wildman–Crippen MR) is 78.4 cm³/mol. The molecule has 98 valence electrons. The Morgan fingerprint density at radius 2 is 2.00 bits per heavy atom. The van der Waals surface area contributed by atoms with Crippen LogP contribution >= 0.6 is 11.3 Å². The highest BCUT2D eigenvalue weighted by Crippen LogP contribution is 2.35. The van der Waals surface area contributed by atoms with Gasteiger partial charge in [-0.2, -0.15) is 0 Å². The van der Waals surface area contributed by atoms with Gasteiger partial charge in [0.1, 0.15) is 17.0 Å². The van der Waals surface area contributed by atoms with Crippen molar-refractivity contribution in [2.24, 2.45) is 5.73 Å². The molecule has 0 aliphatic rings. The first-order valence-electron chi connectivity index (χ1n) is 6.03. The topological polar surface area (TPSA) is 55.0 Å². The van der Waals surface area contributed by atoms with Crippen molar-refractivity contribution >= 4 is 27.4 Å². The quantitative estimate of drug-likeness (QED) is 0.925. The van der Waals surface area contributed by atoms with Crippen molar-refractivity contribution in [2.75, 3.05) is 18.5 Å². The Hall–Kier alpha value is -1.20. The van der Waals surface area contributed by atoms with Gasteiger partial charge in [0, 0.05) is 24.0 Å². The molecule has 0 saturated heterocycles. The van der Waals surface area contributed by atoms with Crippen molar-refractivity contribution in [3.63, 3.8) is 0 Å². The van der Waals surface area contributed by atoms with Crippen LogP contribution < -0.4 is 10.6 Å². The summed E-state index contributed by atoms with van der Waals surface area (Å²) >= 11 is 1.72. The van der Waals surface area contributed by atoms with E-state index in [9.17, 15) is 0 Å². The molecule has 2 heterocycles. The van der Waals surface area contributed by atoms with E-state index in [1.807, 2.05) is 7.05 Å². The lowest BCUT2D eigenvalue weighted by Gasteiger charge is -2.35. The Labute approximate surface area is 112 Å². The minimum absolute atomic E-state index is 0.121. The first-order chi connectivity index (χ1) is 8.38. The van der Waals surface area contributed by atoms with Gasteiger partial charge in [-0.3, -0.25) is 0 Å². The summed E-state index contributed by atoms with van der Waals surface area (Å²) in [5, 5.41) is 1.16. The van der Waals surface area contributed by atoms with E-state index >= 15 is 0 Å². The fourth-order valence-corrected chi connectivity index (χ4v) is 2.83. The molecule has 2 aromatic heterocycles. The van der Waals surface area contributed by atoms with Crippen molar-refractivity contribution in [1.29, 1.82) is 0 Å². The number of nitrogens with zero attached hydrogens (tertiary/aromatic N) is 3. The molecule has 5 heteroatoms. The number of aromatic nitrogens is 2. The van der Waals surface area contributed by atoms with E-state index < -0.39 is 0 Å². The fraction of sp³-hybridized carbons (Fsp3) is 0.538. The van der Waals surface area contributed by atoms with Crippen LogP contribution in [0.1, 0.15) is 24.3 Å². The molecule has 0 aromatic carbocycles. The van der Waals surface area contributed by atoms with Crippen LogP contribution in [0.2, 0.25) is 0 Å². The summed E-state index contributed by atoms with van der Waals surface area (Å²) in [4.78, 5) is 13.3. The van der Waals surface area contributed by atoms with Gasteiger partial charge >= 0.3 is 0 Å². The van der Waals surface area contributed by atoms with Crippen molar-refractivity contribution in [3.05, 3.63) is 16.8 Å². The number of fused-ring (bicyclic) bond motifs is 1. The Bertz CT molecular complexity index is 574. The van der Waals surface area contributed by atoms with Gasteiger partial charge in [-0.25, -0.2) is 9.97 Å². The van der Waals surface area contributed by atoms with Crippen LogP contribution in [0.5, 0.6) is 0 Å². The lowest BCUT2D eigenvalue weighted by molar-refractivity contribution is 0.496. The van der Waals surface area contributed by atoms with Gasteiger partial charge in [0.15, 0.2) is 0 Å². The summed E-state index contributed by atoms with van der Waals surface area (Å²) in [5.74, 6) is 0.970. The van der Waals surface area contributed by atoms with E-state index in [1.165, 1.54) is 10.4 Å². The van der Waals surface area contributed by atoms with Gasteiger partial charge in [-0.1, -0.05) is 0 Å². The maximum atomic E-state index is 5.85. The van der Waals surface area contributed by atoms with Crippen molar-refractivity contribution in [3.8, 4) is 0 Å². The molecule has 0 fully saturated rings. The standard InChI is InChI=1S/C13H20N4S/c1-8-9(2)18-12-10(8)11(15-7-16-12)17(5)13(3,4)6-14/h7H,6,14H2,1-5H3. The first-order valence-corrected chi connectivity index (χ1v) is 6.84. The average molecular weight is 264 g/mol. The number of anilines is 1. The summed E-state index contributed by atoms with van der Waals surface area (Å²) in [6.45, 7) is 9.08. The normalized spacial score (nSPS) is 12.1. The zero-order chi connectivity index (χ0) is 13.5. The van der Waals surface area contributed by atoms with E-state index in [4.69, 9.17) is 5.73 Å². The largest absolute Gasteiger partial charge is 0.353 e. The number of hydrogen-bond donors (Lipinski definition) is 1. The third-order valence-electron chi connectivity index (χ3n) is 3.67. The van der Waals surface area contributed by atoms with Crippen molar-refractivity contribution in [2.45, 2.75) is 33.2 Å². The van der Waals surface area contributed by atoms with Crippen LogP contribution in [0.15, 0.2) is 6.33 Å². The highest BCUT2D eigenvalue weighted by Gasteiger charge is 2.25. The molecule has 4 nitrogen and oxygen atoms in total. The number of rotatable bonds is 3. The van der Waals surface area contributed by atoms with Crippen LogP contribution in [0.25, 0.3) is 10.2 Å². The van der Waals surface area contributed by atoms with Gasteiger partial charge in [0.05, 0.1) is 5.39 Å². The Morgan fingerprint density at radius 1 is 1.33 bits per heavy atom. The number of likely N-dealkylation sites (N-methyl/N-ethyl adjacent to an activating group) is 1. The van der Waals surface area contributed by atoms with E-state index in [-0.39, 0.29) is 5.54 Å². The molecular formula is C13H20N4S. The number of hydrogen-bond acceptors (Lipinski definition) is 5. The minimum Gasteiger partial charge on any atom is -0.353 e. The Morgan fingerprint density at radius 3 is 2.61 bits per heavy atom. The third-order valence-corrected chi connectivity index (χ3v) is 4.79. The zero-order valence-electron chi connectivity index (χ0n) is 11.6. The second-order valence-electron chi connectivity index (χ2n) is 5.24. The second-order valence-corrected chi connectivity index (χ2v) is 6.44. The van der Waals surface area contributed by atoms with Crippen LogP contribution in [0.3, 0.4) is 0 Å². The Balaban J connectivity index is 2.65. The fourth-order valence-electron chi connectivity index (χ4n) is 1.84. The maximum absolute atomic E-state index is 5.85. The Kier molecular flexibility index (Phi) is 3.29. The summed E-state index contributed by atoms with van der Waals surface area (Å²) in [5.41, 5.74) is 7.00. The first kappa shape index (κ1) is 13.2. The smallest absolute Gasteiger partial charge is 0.141 e. The molecule has 0 bridgehead atoms. The van der Waals surface area contributed by atoms with E-state index in [2.05, 4.69) is 42.6 Å². The molecule has 18 heavy (non-hydrogen) atoms. The third kappa shape index (κ3) is 1.97. The maximum Gasteiger partial charge on any atom is 0.141 e. The van der Waals surface area contributed by atoms with Gasteiger partial charge in [-0.05, 0) is 33.3 Å². The van der Waals surface area contributed by atoms with Crippen LogP contribution in [-0.4, -0.2) is 29.1 Å². The molecule has 2 aromatic rings. The van der Waals surface area contributed by atoms with Gasteiger partial charge in [0.2, 0.25) is 0 Å². The average Bonchev–Trinajstić information content (AvgIpc) is 2.64. The van der Waals surface area contributed by atoms with Gasteiger partial charge < -0.3 is 10.6 Å². The van der Waals surface area contributed by atoms with Crippen molar-refractivity contribution < 1.29 is 0 Å². The number of aryl methyl sites for hydroxylation is 2. The van der Waals surface area contributed by atoms with Crippen molar-refractivity contribution in [1.82, 2.24) is 9.97 Å². The molecule has 0 aliphatic heterocycles. The van der Waals surface area contributed by atoms with Gasteiger partial charge in [0.25, 0.3) is 0 Å². The zero-order valence-corrected chi connectivity index (χ0v) is 12.4. The molecule has 0 aliphatic carbocycles. The molecule has 0 atom stereocenters. The van der Waals surface area contributed by atoms with Crippen LogP contribution in [0.4, 0.5) is 5.82 Å². The lowest BCUT2D eigenvalue weighted by atomic mass is 10.0. The second kappa shape index (κ2) is 4.48. The molecule has 0 saturated carbocycles. The molecule has 0 unspecified atom stereocenters.